The molecular weight excluding hydrogens is 365 g/mol. The van der Waals surface area contributed by atoms with E-state index in [0.29, 0.717) is 23.9 Å². The molecule has 26 heavy (non-hydrogen) atoms. The number of aliphatic imine (C=N–C) groups is 1. The number of hydrogen-bond donors (Lipinski definition) is 0. The van der Waals surface area contributed by atoms with E-state index in [1.54, 1.807) is 25.4 Å². The van der Waals surface area contributed by atoms with Crippen LogP contribution in [-0.2, 0) is 13.1 Å². The predicted molar refractivity (Wildman–Crippen MR) is 97.1 cm³/mol. The Morgan fingerprint density at radius 1 is 1.23 bits per heavy atom. The van der Waals surface area contributed by atoms with Crippen molar-refractivity contribution in [2.45, 2.75) is 46.0 Å². The molecule has 0 N–H and O–H groups in total. The smallest absolute Gasteiger partial charge is 0.324 e. The van der Waals surface area contributed by atoms with Crippen LogP contribution >= 0.6 is 11.6 Å². The van der Waals surface area contributed by atoms with Crippen molar-refractivity contribution in [1.29, 1.82) is 0 Å². The number of anilines is 1. The summed E-state index contributed by atoms with van der Waals surface area (Å²) in [4.78, 5) is 11.0. The van der Waals surface area contributed by atoms with E-state index in [2.05, 4.69) is 9.98 Å². The second-order valence-corrected chi connectivity index (χ2v) is 6.96. The molecule has 140 valence electrons. The van der Waals surface area contributed by atoms with Crippen molar-refractivity contribution in [3.05, 3.63) is 41.3 Å². The highest BCUT2D eigenvalue weighted by Crippen LogP contribution is 2.33. The molecule has 0 saturated heterocycles. The minimum absolute atomic E-state index is 0.233. The Balaban J connectivity index is 1.94. The Morgan fingerprint density at radius 2 is 1.92 bits per heavy atom. The Labute approximate surface area is 155 Å². The first kappa shape index (κ1) is 18.8. The molecule has 1 aromatic carbocycles. The summed E-state index contributed by atoms with van der Waals surface area (Å²) < 4.78 is 40.2. The standard InChI is InChI=1S/C18H20ClF3N4/c1-3-25-11-23-15-10-26(14-6-4-13(19)5-7-14)16(24-17(15)25)8-12(2)9-18(20,21)22/h4-7,11-12H,3,8-10H2,1-2H3. The first-order valence-corrected chi connectivity index (χ1v) is 8.86. The van der Waals surface area contributed by atoms with Crippen LogP contribution in [0.25, 0.3) is 0 Å². The molecule has 2 aromatic rings. The van der Waals surface area contributed by atoms with E-state index < -0.39 is 18.5 Å². The molecule has 0 amide bonds. The fraction of sp³-hybridized carbons (Fsp3) is 0.444. The number of hydrogen-bond acceptors (Lipinski definition) is 3. The summed E-state index contributed by atoms with van der Waals surface area (Å²) in [5, 5.41) is 0.602. The summed E-state index contributed by atoms with van der Waals surface area (Å²) in [5.74, 6) is 0.779. The van der Waals surface area contributed by atoms with Gasteiger partial charge in [0.25, 0.3) is 0 Å². The number of halogens is 4. The average Bonchev–Trinajstić information content (AvgIpc) is 2.95. The third-order valence-electron chi connectivity index (χ3n) is 4.33. The SMILES string of the molecule is CCn1cnc2c1N=C(CC(C)CC(F)(F)F)N(c1ccc(Cl)cc1)C2. The van der Waals surface area contributed by atoms with E-state index in [1.165, 1.54) is 0 Å². The van der Waals surface area contributed by atoms with Crippen molar-refractivity contribution in [3.8, 4) is 0 Å². The van der Waals surface area contributed by atoms with Gasteiger partial charge in [0.15, 0.2) is 5.82 Å². The van der Waals surface area contributed by atoms with Gasteiger partial charge in [0.2, 0.25) is 0 Å². The van der Waals surface area contributed by atoms with Crippen molar-refractivity contribution < 1.29 is 13.2 Å². The summed E-state index contributed by atoms with van der Waals surface area (Å²) >= 11 is 5.96. The van der Waals surface area contributed by atoms with Crippen LogP contribution in [0.3, 0.4) is 0 Å². The van der Waals surface area contributed by atoms with Crippen LogP contribution in [-0.4, -0.2) is 21.6 Å². The van der Waals surface area contributed by atoms with Crippen LogP contribution in [0, 0.1) is 5.92 Å². The number of aromatic nitrogens is 2. The number of alkyl halides is 3. The number of rotatable bonds is 5. The van der Waals surface area contributed by atoms with Crippen molar-refractivity contribution in [2.24, 2.45) is 10.9 Å². The van der Waals surface area contributed by atoms with Gasteiger partial charge in [0, 0.05) is 30.1 Å². The van der Waals surface area contributed by atoms with Crippen molar-refractivity contribution >= 4 is 28.9 Å². The summed E-state index contributed by atoms with van der Waals surface area (Å²) in [6.07, 6.45) is -3.07. The molecule has 3 rings (SSSR count). The molecule has 0 aliphatic carbocycles. The third kappa shape index (κ3) is 4.20. The molecule has 0 radical (unpaired) electrons. The molecular formula is C18H20ClF3N4. The zero-order chi connectivity index (χ0) is 18.9. The van der Waals surface area contributed by atoms with Crippen LogP contribution in [0.1, 0.15) is 32.4 Å². The van der Waals surface area contributed by atoms with Crippen LogP contribution < -0.4 is 4.90 Å². The quantitative estimate of drug-likeness (QED) is 0.673. The summed E-state index contributed by atoms with van der Waals surface area (Å²) in [5.41, 5.74) is 1.65. The molecule has 1 unspecified atom stereocenters. The molecule has 0 saturated carbocycles. The monoisotopic (exact) mass is 384 g/mol. The van der Waals surface area contributed by atoms with Gasteiger partial charge in [0.1, 0.15) is 11.5 Å². The largest absolute Gasteiger partial charge is 0.389 e. The maximum absolute atomic E-state index is 12.8. The van der Waals surface area contributed by atoms with Crippen LogP contribution in [0.2, 0.25) is 5.02 Å². The van der Waals surface area contributed by atoms with Crippen molar-refractivity contribution in [3.63, 3.8) is 0 Å². The summed E-state index contributed by atoms with van der Waals surface area (Å²) in [7, 11) is 0. The molecule has 1 aliphatic heterocycles. The van der Waals surface area contributed by atoms with Crippen molar-refractivity contribution in [1.82, 2.24) is 9.55 Å². The maximum Gasteiger partial charge on any atom is 0.389 e. The number of nitrogens with zero attached hydrogens (tertiary/aromatic N) is 4. The minimum atomic E-state index is -4.18. The maximum atomic E-state index is 12.8. The van der Waals surface area contributed by atoms with Gasteiger partial charge in [-0.1, -0.05) is 18.5 Å². The first-order chi connectivity index (χ1) is 12.3. The highest BCUT2D eigenvalue weighted by molar-refractivity contribution is 6.30. The second-order valence-electron chi connectivity index (χ2n) is 6.52. The average molecular weight is 385 g/mol. The lowest BCUT2D eigenvalue weighted by atomic mass is 10.0. The highest BCUT2D eigenvalue weighted by atomic mass is 35.5. The van der Waals surface area contributed by atoms with E-state index in [1.807, 2.05) is 28.5 Å². The lowest BCUT2D eigenvalue weighted by Crippen LogP contribution is -2.34. The van der Waals surface area contributed by atoms with E-state index in [9.17, 15) is 13.2 Å². The summed E-state index contributed by atoms with van der Waals surface area (Å²) in [6, 6.07) is 7.20. The number of fused-ring (bicyclic) bond motifs is 1. The lowest BCUT2D eigenvalue weighted by Gasteiger charge is -2.31. The Hall–Kier alpha value is -2.02. The van der Waals surface area contributed by atoms with Gasteiger partial charge in [-0.3, -0.25) is 0 Å². The molecule has 1 aliphatic rings. The molecule has 4 nitrogen and oxygen atoms in total. The second kappa shape index (κ2) is 7.31. The Morgan fingerprint density at radius 3 is 2.54 bits per heavy atom. The fourth-order valence-corrected chi connectivity index (χ4v) is 3.24. The van der Waals surface area contributed by atoms with Crippen LogP contribution in [0.4, 0.5) is 24.7 Å². The van der Waals surface area contributed by atoms with Gasteiger partial charge in [-0.05, 0) is 37.1 Å². The van der Waals surface area contributed by atoms with E-state index in [4.69, 9.17) is 11.6 Å². The zero-order valence-corrected chi connectivity index (χ0v) is 15.3. The normalized spacial score (nSPS) is 15.6. The number of amidine groups is 1. The van der Waals surface area contributed by atoms with E-state index >= 15 is 0 Å². The molecule has 0 fully saturated rings. The van der Waals surface area contributed by atoms with Gasteiger partial charge < -0.3 is 9.47 Å². The van der Waals surface area contributed by atoms with E-state index in [-0.39, 0.29) is 6.42 Å². The van der Waals surface area contributed by atoms with Gasteiger partial charge in [0.05, 0.1) is 12.9 Å². The molecule has 8 heteroatoms. The summed E-state index contributed by atoms with van der Waals surface area (Å²) in [6.45, 7) is 4.76. The topological polar surface area (TPSA) is 33.4 Å². The zero-order valence-electron chi connectivity index (χ0n) is 14.6. The molecule has 0 bridgehead atoms. The van der Waals surface area contributed by atoms with Gasteiger partial charge in [-0.15, -0.1) is 0 Å². The molecule has 1 aromatic heterocycles. The van der Waals surface area contributed by atoms with Crippen molar-refractivity contribution in [2.75, 3.05) is 4.90 Å². The van der Waals surface area contributed by atoms with E-state index in [0.717, 1.165) is 17.2 Å². The minimum Gasteiger partial charge on any atom is -0.324 e. The molecule has 2 heterocycles. The predicted octanol–water partition coefficient (Wildman–Crippen LogP) is 5.59. The lowest BCUT2D eigenvalue weighted by molar-refractivity contribution is -0.142. The molecule has 0 spiro atoms. The third-order valence-corrected chi connectivity index (χ3v) is 4.58. The Bertz CT molecular complexity index is 796. The van der Waals surface area contributed by atoms with Gasteiger partial charge in [-0.25, -0.2) is 9.98 Å². The number of imidazole rings is 1. The Kier molecular flexibility index (Phi) is 5.27. The van der Waals surface area contributed by atoms with Gasteiger partial charge in [-0.2, -0.15) is 13.2 Å². The number of aryl methyl sites for hydroxylation is 1. The first-order valence-electron chi connectivity index (χ1n) is 8.48. The fourth-order valence-electron chi connectivity index (χ4n) is 3.11. The highest BCUT2D eigenvalue weighted by Gasteiger charge is 2.32. The number of benzene rings is 1. The molecule has 1 atom stereocenters. The van der Waals surface area contributed by atoms with Crippen LogP contribution in [0.5, 0.6) is 0 Å². The van der Waals surface area contributed by atoms with Crippen LogP contribution in [0.15, 0.2) is 35.6 Å². The van der Waals surface area contributed by atoms with Gasteiger partial charge >= 0.3 is 6.18 Å².